The van der Waals surface area contributed by atoms with Gasteiger partial charge in [0, 0.05) is 17.9 Å². The fourth-order valence-electron chi connectivity index (χ4n) is 1.98. The largest absolute Gasteiger partial charge is 0.492 e. The highest BCUT2D eigenvalue weighted by molar-refractivity contribution is 7.10. The first kappa shape index (κ1) is 10.5. The second-order valence-electron chi connectivity index (χ2n) is 4.03. The Hall–Kier alpha value is -1.68. The molecule has 86 valence electrons. The van der Waals surface area contributed by atoms with Gasteiger partial charge in [0.2, 0.25) is 0 Å². The van der Waals surface area contributed by atoms with Crippen molar-refractivity contribution < 1.29 is 9.53 Å². The maximum absolute atomic E-state index is 11.2. The highest BCUT2D eigenvalue weighted by Gasteiger charge is 2.27. The summed E-state index contributed by atoms with van der Waals surface area (Å²) in [5, 5.41) is 2.78. The normalized spacial score (nSPS) is 17.6. The van der Waals surface area contributed by atoms with Crippen molar-refractivity contribution in [2.24, 2.45) is 0 Å². The maximum Gasteiger partial charge on any atom is 0.178 e. The standard InChI is InChI=1S/C13H11NO2S/c1-8(15)11-7-17-13(14-11)10-6-16-12-5-3-2-4-9(10)12/h2-5,7,10H,6H2,1H3. The molecule has 0 bridgehead atoms. The summed E-state index contributed by atoms with van der Waals surface area (Å²) in [6.45, 7) is 2.15. The zero-order chi connectivity index (χ0) is 11.8. The molecule has 0 spiro atoms. The number of fused-ring (bicyclic) bond motifs is 1. The van der Waals surface area contributed by atoms with Crippen LogP contribution in [0.1, 0.15) is 33.9 Å². The van der Waals surface area contributed by atoms with Crippen molar-refractivity contribution in [2.75, 3.05) is 6.61 Å². The van der Waals surface area contributed by atoms with E-state index in [0.29, 0.717) is 12.3 Å². The van der Waals surface area contributed by atoms with Crippen LogP contribution in [0, 0.1) is 0 Å². The number of hydrogen-bond acceptors (Lipinski definition) is 4. The van der Waals surface area contributed by atoms with Crippen LogP contribution >= 0.6 is 11.3 Å². The molecule has 1 aromatic carbocycles. The van der Waals surface area contributed by atoms with Crippen molar-refractivity contribution in [2.45, 2.75) is 12.8 Å². The highest BCUT2D eigenvalue weighted by atomic mass is 32.1. The number of benzene rings is 1. The van der Waals surface area contributed by atoms with E-state index in [0.717, 1.165) is 16.3 Å². The molecule has 0 N–H and O–H groups in total. The van der Waals surface area contributed by atoms with E-state index in [1.165, 1.54) is 18.3 Å². The number of hydrogen-bond donors (Lipinski definition) is 0. The van der Waals surface area contributed by atoms with E-state index in [1.54, 1.807) is 0 Å². The van der Waals surface area contributed by atoms with Gasteiger partial charge in [0.25, 0.3) is 0 Å². The van der Waals surface area contributed by atoms with Crippen LogP contribution in [0.4, 0.5) is 0 Å². The Morgan fingerprint density at radius 2 is 2.29 bits per heavy atom. The molecular weight excluding hydrogens is 234 g/mol. The third-order valence-electron chi connectivity index (χ3n) is 2.88. The maximum atomic E-state index is 11.2. The van der Waals surface area contributed by atoms with Gasteiger partial charge in [0.1, 0.15) is 23.1 Å². The SMILES string of the molecule is CC(=O)c1csc(C2COc3ccccc32)n1. The van der Waals surface area contributed by atoms with Gasteiger partial charge in [-0.05, 0) is 6.07 Å². The Morgan fingerprint density at radius 1 is 1.47 bits per heavy atom. The quantitative estimate of drug-likeness (QED) is 0.764. The minimum atomic E-state index is 0.0136. The minimum Gasteiger partial charge on any atom is -0.492 e. The molecule has 0 fully saturated rings. The van der Waals surface area contributed by atoms with Crippen molar-refractivity contribution in [3.63, 3.8) is 0 Å². The summed E-state index contributed by atoms with van der Waals surface area (Å²) >= 11 is 1.53. The van der Waals surface area contributed by atoms with E-state index in [9.17, 15) is 4.79 Å². The molecule has 0 saturated carbocycles. The fraction of sp³-hybridized carbons (Fsp3) is 0.231. The van der Waals surface area contributed by atoms with Crippen LogP contribution < -0.4 is 4.74 Å². The Bertz CT molecular complexity index is 576. The van der Waals surface area contributed by atoms with Gasteiger partial charge in [-0.1, -0.05) is 18.2 Å². The zero-order valence-corrected chi connectivity index (χ0v) is 10.2. The number of rotatable bonds is 2. The van der Waals surface area contributed by atoms with Gasteiger partial charge in [-0.25, -0.2) is 4.98 Å². The van der Waals surface area contributed by atoms with E-state index in [4.69, 9.17) is 4.74 Å². The highest BCUT2D eigenvalue weighted by Crippen LogP contribution is 2.38. The lowest BCUT2D eigenvalue weighted by atomic mass is 10.0. The lowest BCUT2D eigenvalue weighted by Crippen LogP contribution is -2.03. The van der Waals surface area contributed by atoms with Crippen molar-refractivity contribution >= 4 is 17.1 Å². The number of nitrogens with zero attached hydrogens (tertiary/aromatic N) is 1. The zero-order valence-electron chi connectivity index (χ0n) is 9.34. The number of Topliss-reactive ketones (excluding diaryl/α,β-unsaturated/α-hetero) is 1. The van der Waals surface area contributed by atoms with Crippen molar-refractivity contribution in [3.8, 4) is 5.75 Å². The molecule has 0 aliphatic carbocycles. The molecule has 2 heterocycles. The van der Waals surface area contributed by atoms with Gasteiger partial charge in [-0.15, -0.1) is 11.3 Å². The molecule has 3 rings (SSSR count). The van der Waals surface area contributed by atoms with E-state index >= 15 is 0 Å². The number of thiazole rings is 1. The number of ketones is 1. The van der Waals surface area contributed by atoms with Crippen LogP contribution in [0.3, 0.4) is 0 Å². The van der Waals surface area contributed by atoms with E-state index in [-0.39, 0.29) is 11.7 Å². The van der Waals surface area contributed by atoms with Gasteiger partial charge in [-0.2, -0.15) is 0 Å². The predicted octanol–water partition coefficient (Wildman–Crippen LogP) is 2.87. The van der Waals surface area contributed by atoms with Crippen molar-refractivity contribution in [1.29, 1.82) is 0 Å². The average Bonchev–Trinajstić information content (AvgIpc) is 2.95. The van der Waals surface area contributed by atoms with Gasteiger partial charge in [0.05, 0.1) is 5.92 Å². The first-order valence-corrected chi connectivity index (χ1v) is 6.32. The van der Waals surface area contributed by atoms with Gasteiger partial charge in [-0.3, -0.25) is 4.79 Å². The van der Waals surface area contributed by atoms with Crippen LogP contribution in [0.2, 0.25) is 0 Å². The first-order valence-electron chi connectivity index (χ1n) is 5.44. The van der Waals surface area contributed by atoms with Crippen molar-refractivity contribution in [1.82, 2.24) is 4.98 Å². The van der Waals surface area contributed by atoms with Gasteiger partial charge < -0.3 is 4.74 Å². The summed E-state index contributed by atoms with van der Waals surface area (Å²) in [5.41, 5.74) is 1.71. The van der Waals surface area contributed by atoms with Crippen LogP contribution in [0.5, 0.6) is 5.75 Å². The number of ether oxygens (including phenoxy) is 1. The van der Waals surface area contributed by atoms with Gasteiger partial charge in [0.15, 0.2) is 5.78 Å². The number of aromatic nitrogens is 1. The first-order chi connectivity index (χ1) is 8.25. The number of carbonyl (C=O) groups excluding carboxylic acids is 1. The molecule has 17 heavy (non-hydrogen) atoms. The fourth-order valence-corrected chi connectivity index (χ4v) is 2.94. The molecule has 1 unspecified atom stereocenters. The second kappa shape index (κ2) is 3.96. The molecule has 4 heteroatoms. The van der Waals surface area contributed by atoms with Crippen LogP contribution in [0.25, 0.3) is 0 Å². The second-order valence-corrected chi connectivity index (χ2v) is 4.92. The Labute approximate surface area is 103 Å². The summed E-state index contributed by atoms with van der Waals surface area (Å²) in [7, 11) is 0. The molecule has 1 aromatic heterocycles. The van der Waals surface area contributed by atoms with Crippen LogP contribution in [0.15, 0.2) is 29.6 Å². The Morgan fingerprint density at radius 3 is 3.06 bits per heavy atom. The monoisotopic (exact) mass is 245 g/mol. The predicted molar refractivity (Wildman–Crippen MR) is 65.9 cm³/mol. The third-order valence-corrected chi connectivity index (χ3v) is 3.84. The summed E-state index contributed by atoms with van der Waals surface area (Å²) in [5.74, 6) is 1.11. The third kappa shape index (κ3) is 1.74. The van der Waals surface area contributed by atoms with E-state index in [1.807, 2.05) is 23.6 Å². The Balaban J connectivity index is 1.98. The summed E-state index contributed by atoms with van der Waals surface area (Å²) in [6, 6.07) is 7.99. The molecule has 1 aliphatic heterocycles. The lowest BCUT2D eigenvalue weighted by Gasteiger charge is -2.03. The molecule has 0 radical (unpaired) electrons. The molecule has 0 amide bonds. The summed E-state index contributed by atoms with van der Waals surface area (Å²) < 4.78 is 5.62. The van der Waals surface area contributed by atoms with Crippen molar-refractivity contribution in [3.05, 3.63) is 45.9 Å². The van der Waals surface area contributed by atoms with Gasteiger partial charge >= 0.3 is 0 Å². The topological polar surface area (TPSA) is 39.2 Å². The average molecular weight is 245 g/mol. The molecule has 0 saturated heterocycles. The molecule has 3 nitrogen and oxygen atoms in total. The van der Waals surface area contributed by atoms with E-state index in [2.05, 4.69) is 11.1 Å². The summed E-state index contributed by atoms with van der Waals surface area (Å²) in [4.78, 5) is 15.6. The molecule has 1 atom stereocenters. The number of para-hydroxylation sites is 1. The lowest BCUT2D eigenvalue weighted by molar-refractivity contribution is 0.101. The van der Waals surface area contributed by atoms with Crippen LogP contribution in [-0.2, 0) is 0 Å². The van der Waals surface area contributed by atoms with Crippen LogP contribution in [-0.4, -0.2) is 17.4 Å². The molecule has 2 aromatic rings. The summed E-state index contributed by atoms with van der Waals surface area (Å²) in [6.07, 6.45) is 0. The smallest absolute Gasteiger partial charge is 0.178 e. The molecular formula is C13H11NO2S. The number of carbonyl (C=O) groups is 1. The molecule has 1 aliphatic rings. The minimum absolute atomic E-state index is 0.0136. The van der Waals surface area contributed by atoms with E-state index < -0.39 is 0 Å². The Kier molecular flexibility index (Phi) is 2.44.